The SMILES string of the molecule is CCNC(=NCC(O)c1ccncc1)NC(C)CCC(C)(C)C.I. The largest absolute Gasteiger partial charge is 0.386 e. The second kappa shape index (κ2) is 11.6. The zero-order valence-corrected chi connectivity index (χ0v) is 17.9. The first-order valence-electron chi connectivity index (χ1n) is 8.44. The van der Waals surface area contributed by atoms with Crippen molar-refractivity contribution in [3.63, 3.8) is 0 Å². The van der Waals surface area contributed by atoms with E-state index in [1.807, 2.05) is 19.1 Å². The van der Waals surface area contributed by atoms with Gasteiger partial charge in [-0.2, -0.15) is 0 Å². The summed E-state index contributed by atoms with van der Waals surface area (Å²) < 4.78 is 0. The summed E-state index contributed by atoms with van der Waals surface area (Å²) in [7, 11) is 0. The molecular formula is C18H33IN4O. The zero-order chi connectivity index (χ0) is 17.3. The first-order chi connectivity index (χ1) is 10.8. The fourth-order valence-corrected chi connectivity index (χ4v) is 2.14. The van der Waals surface area contributed by atoms with Crippen LogP contribution in [0.4, 0.5) is 0 Å². The molecule has 0 saturated carbocycles. The van der Waals surface area contributed by atoms with Crippen LogP contribution in [0, 0.1) is 5.41 Å². The molecule has 0 radical (unpaired) electrons. The highest BCUT2D eigenvalue weighted by molar-refractivity contribution is 14.0. The quantitative estimate of drug-likeness (QED) is 0.339. The van der Waals surface area contributed by atoms with Gasteiger partial charge in [0.2, 0.25) is 0 Å². The topological polar surface area (TPSA) is 69.5 Å². The molecule has 0 aliphatic rings. The third-order valence-electron chi connectivity index (χ3n) is 3.57. The average molecular weight is 448 g/mol. The van der Waals surface area contributed by atoms with Crippen molar-refractivity contribution in [2.45, 2.75) is 59.6 Å². The molecule has 0 saturated heterocycles. The van der Waals surface area contributed by atoms with Crippen LogP contribution in [0.1, 0.15) is 59.1 Å². The van der Waals surface area contributed by atoms with Gasteiger partial charge in [0, 0.05) is 25.0 Å². The van der Waals surface area contributed by atoms with Gasteiger partial charge in [-0.1, -0.05) is 20.8 Å². The molecule has 3 N–H and O–H groups in total. The molecule has 6 heteroatoms. The number of aromatic nitrogens is 1. The molecule has 24 heavy (non-hydrogen) atoms. The first kappa shape index (κ1) is 23.1. The van der Waals surface area contributed by atoms with Crippen molar-refractivity contribution in [2.24, 2.45) is 10.4 Å². The lowest BCUT2D eigenvalue weighted by atomic mass is 9.89. The number of aliphatic hydroxyl groups excluding tert-OH is 1. The van der Waals surface area contributed by atoms with Crippen LogP contribution in [-0.2, 0) is 0 Å². The highest BCUT2D eigenvalue weighted by Gasteiger charge is 2.13. The predicted octanol–water partition coefficient (Wildman–Crippen LogP) is 3.50. The Bertz CT molecular complexity index is 474. The Labute approximate surface area is 163 Å². The highest BCUT2D eigenvalue weighted by Crippen LogP contribution is 2.21. The van der Waals surface area contributed by atoms with Gasteiger partial charge in [0.25, 0.3) is 0 Å². The maximum atomic E-state index is 10.2. The summed E-state index contributed by atoms with van der Waals surface area (Å²) in [6, 6.07) is 3.96. The van der Waals surface area contributed by atoms with Crippen molar-refractivity contribution in [1.82, 2.24) is 15.6 Å². The van der Waals surface area contributed by atoms with E-state index in [9.17, 15) is 5.11 Å². The summed E-state index contributed by atoms with van der Waals surface area (Å²) in [4.78, 5) is 8.46. The molecular weight excluding hydrogens is 415 g/mol. The number of nitrogens with one attached hydrogen (secondary N) is 2. The second-order valence-electron chi connectivity index (χ2n) is 7.16. The third kappa shape index (κ3) is 10.1. The number of nitrogens with zero attached hydrogens (tertiary/aromatic N) is 2. The van der Waals surface area contributed by atoms with Gasteiger partial charge < -0.3 is 15.7 Å². The zero-order valence-electron chi connectivity index (χ0n) is 15.5. The van der Waals surface area contributed by atoms with Gasteiger partial charge in [0.05, 0.1) is 12.6 Å². The smallest absolute Gasteiger partial charge is 0.191 e. The van der Waals surface area contributed by atoms with E-state index in [-0.39, 0.29) is 24.0 Å². The summed E-state index contributed by atoms with van der Waals surface area (Å²) in [5.41, 5.74) is 1.17. The molecule has 0 aromatic carbocycles. The predicted molar refractivity (Wildman–Crippen MR) is 112 cm³/mol. The fraction of sp³-hybridized carbons (Fsp3) is 0.667. The molecule has 1 aromatic heterocycles. The van der Waals surface area contributed by atoms with Crippen molar-refractivity contribution in [3.8, 4) is 0 Å². The molecule has 0 aliphatic heterocycles. The van der Waals surface area contributed by atoms with Crippen molar-refractivity contribution < 1.29 is 5.11 Å². The lowest BCUT2D eigenvalue weighted by Gasteiger charge is -2.23. The minimum absolute atomic E-state index is 0. The van der Waals surface area contributed by atoms with E-state index in [1.54, 1.807) is 12.4 Å². The molecule has 5 nitrogen and oxygen atoms in total. The Hall–Kier alpha value is -0.890. The summed E-state index contributed by atoms with van der Waals surface area (Å²) in [6.07, 6.45) is 4.99. The molecule has 2 atom stereocenters. The minimum Gasteiger partial charge on any atom is -0.386 e. The normalized spacial score (nSPS) is 14.5. The molecule has 138 valence electrons. The first-order valence-corrected chi connectivity index (χ1v) is 8.44. The van der Waals surface area contributed by atoms with Crippen LogP contribution >= 0.6 is 24.0 Å². The number of hydrogen-bond donors (Lipinski definition) is 3. The standard InChI is InChI=1S/C18H32N4O.HI/c1-6-20-17(22-14(2)7-10-18(3,4)5)21-13-16(23)15-8-11-19-12-9-15;/h8-9,11-12,14,16,23H,6-7,10,13H2,1-5H3,(H2,20,21,22);1H. The van der Waals surface area contributed by atoms with Crippen molar-refractivity contribution in [1.29, 1.82) is 0 Å². The van der Waals surface area contributed by atoms with Crippen molar-refractivity contribution >= 4 is 29.9 Å². The number of hydrogen-bond acceptors (Lipinski definition) is 3. The molecule has 1 heterocycles. The van der Waals surface area contributed by atoms with Gasteiger partial charge in [0.15, 0.2) is 5.96 Å². The van der Waals surface area contributed by atoms with Crippen LogP contribution in [0.3, 0.4) is 0 Å². The third-order valence-corrected chi connectivity index (χ3v) is 3.57. The van der Waals surface area contributed by atoms with Crippen LogP contribution in [0.2, 0.25) is 0 Å². The molecule has 1 rings (SSSR count). The lowest BCUT2D eigenvalue weighted by molar-refractivity contribution is 0.187. The van der Waals surface area contributed by atoms with Gasteiger partial charge in [-0.25, -0.2) is 0 Å². The molecule has 0 fully saturated rings. The van der Waals surface area contributed by atoms with Crippen LogP contribution < -0.4 is 10.6 Å². The molecule has 0 spiro atoms. The van der Waals surface area contributed by atoms with Crippen molar-refractivity contribution in [3.05, 3.63) is 30.1 Å². The van der Waals surface area contributed by atoms with E-state index < -0.39 is 6.10 Å². The number of rotatable bonds is 7. The Balaban J connectivity index is 0.00000529. The van der Waals surface area contributed by atoms with E-state index in [0.29, 0.717) is 18.0 Å². The molecule has 0 aliphatic carbocycles. The van der Waals surface area contributed by atoms with Crippen LogP contribution in [-0.4, -0.2) is 35.2 Å². The Morgan fingerprint density at radius 1 is 1.29 bits per heavy atom. The maximum absolute atomic E-state index is 10.2. The summed E-state index contributed by atoms with van der Waals surface area (Å²) in [5.74, 6) is 0.752. The molecule has 2 unspecified atom stereocenters. The van der Waals surface area contributed by atoms with Crippen LogP contribution in [0.15, 0.2) is 29.5 Å². The number of aliphatic imine (C=N–C) groups is 1. The summed E-state index contributed by atoms with van der Waals surface area (Å²) in [6.45, 7) is 12.1. The minimum atomic E-state index is -0.613. The number of aliphatic hydroxyl groups is 1. The Kier molecular flexibility index (Phi) is 11.2. The van der Waals surface area contributed by atoms with E-state index >= 15 is 0 Å². The highest BCUT2D eigenvalue weighted by atomic mass is 127. The lowest BCUT2D eigenvalue weighted by Crippen LogP contribution is -2.42. The van der Waals surface area contributed by atoms with Crippen LogP contribution in [0.5, 0.6) is 0 Å². The molecule has 1 aromatic rings. The molecule has 0 bridgehead atoms. The monoisotopic (exact) mass is 448 g/mol. The Morgan fingerprint density at radius 3 is 2.46 bits per heavy atom. The van der Waals surface area contributed by atoms with Gasteiger partial charge in [-0.15, -0.1) is 24.0 Å². The summed E-state index contributed by atoms with van der Waals surface area (Å²) >= 11 is 0. The Morgan fingerprint density at radius 2 is 1.92 bits per heavy atom. The van der Waals surface area contributed by atoms with E-state index in [4.69, 9.17) is 0 Å². The van der Waals surface area contributed by atoms with E-state index in [0.717, 1.165) is 30.9 Å². The van der Waals surface area contributed by atoms with Crippen LogP contribution in [0.25, 0.3) is 0 Å². The van der Waals surface area contributed by atoms with E-state index in [1.165, 1.54) is 0 Å². The number of pyridine rings is 1. The van der Waals surface area contributed by atoms with E-state index in [2.05, 4.69) is 48.3 Å². The second-order valence-corrected chi connectivity index (χ2v) is 7.16. The van der Waals surface area contributed by atoms with Gasteiger partial charge >= 0.3 is 0 Å². The number of halogens is 1. The van der Waals surface area contributed by atoms with Gasteiger partial charge in [0.1, 0.15) is 0 Å². The average Bonchev–Trinajstić information content (AvgIpc) is 2.51. The summed E-state index contributed by atoms with van der Waals surface area (Å²) in [5, 5.41) is 16.8. The maximum Gasteiger partial charge on any atom is 0.191 e. The number of guanidine groups is 1. The fourth-order valence-electron chi connectivity index (χ4n) is 2.14. The van der Waals surface area contributed by atoms with Crippen molar-refractivity contribution in [2.75, 3.05) is 13.1 Å². The van der Waals surface area contributed by atoms with Gasteiger partial charge in [-0.05, 0) is 49.8 Å². The van der Waals surface area contributed by atoms with Gasteiger partial charge in [-0.3, -0.25) is 9.98 Å². The molecule has 0 amide bonds.